The van der Waals surface area contributed by atoms with Gasteiger partial charge in [-0.25, -0.2) is 4.98 Å². The Labute approximate surface area is 118 Å². The molecule has 8 heteroatoms. The topological polar surface area (TPSA) is 97.2 Å². The standard InChI is InChI=1S/C12H12N4O3S/c17-12-8(2-1-5-13-12)15-7-3-4-9-10(14-6-20-9)11(7)16(18)19/h3-4,6,8,15H,1-2,5H2,(H,13,17). The molecule has 1 fully saturated rings. The molecule has 0 radical (unpaired) electrons. The molecule has 0 aliphatic carbocycles. The number of anilines is 1. The van der Waals surface area contributed by atoms with Gasteiger partial charge in [-0.15, -0.1) is 11.3 Å². The average Bonchev–Trinajstić information content (AvgIpc) is 2.88. The molecule has 1 aliphatic heterocycles. The second-order valence-electron chi connectivity index (χ2n) is 4.55. The van der Waals surface area contributed by atoms with Gasteiger partial charge in [0.05, 0.1) is 15.1 Å². The van der Waals surface area contributed by atoms with Gasteiger partial charge in [-0.1, -0.05) is 0 Å². The van der Waals surface area contributed by atoms with Crippen molar-refractivity contribution < 1.29 is 9.72 Å². The Hall–Kier alpha value is -2.22. The van der Waals surface area contributed by atoms with E-state index in [0.717, 1.165) is 11.1 Å². The van der Waals surface area contributed by atoms with Crippen LogP contribution in [0, 0.1) is 10.1 Å². The molecule has 1 unspecified atom stereocenters. The van der Waals surface area contributed by atoms with Gasteiger partial charge in [-0.2, -0.15) is 0 Å². The van der Waals surface area contributed by atoms with E-state index in [4.69, 9.17) is 0 Å². The molecule has 104 valence electrons. The first-order valence-corrected chi connectivity index (χ1v) is 7.09. The first kappa shape index (κ1) is 12.8. The van der Waals surface area contributed by atoms with Gasteiger partial charge in [-0.3, -0.25) is 14.9 Å². The summed E-state index contributed by atoms with van der Waals surface area (Å²) < 4.78 is 0.760. The lowest BCUT2D eigenvalue weighted by Gasteiger charge is -2.23. The number of piperidine rings is 1. The molecule has 1 amide bonds. The number of hydrogen-bond donors (Lipinski definition) is 2. The minimum Gasteiger partial charge on any atom is -0.368 e. The molecular formula is C12H12N4O3S. The van der Waals surface area contributed by atoms with Crippen molar-refractivity contribution in [3.05, 3.63) is 27.8 Å². The quantitative estimate of drug-likeness (QED) is 0.665. The highest BCUT2D eigenvalue weighted by molar-refractivity contribution is 7.16. The molecule has 0 saturated carbocycles. The highest BCUT2D eigenvalue weighted by Gasteiger charge is 2.27. The maximum absolute atomic E-state index is 11.7. The van der Waals surface area contributed by atoms with Gasteiger partial charge < -0.3 is 10.6 Å². The van der Waals surface area contributed by atoms with Gasteiger partial charge in [0.1, 0.15) is 11.7 Å². The minimum absolute atomic E-state index is 0.0675. The third-order valence-electron chi connectivity index (χ3n) is 3.27. The number of nitro groups is 1. The van der Waals surface area contributed by atoms with Crippen LogP contribution in [0.5, 0.6) is 0 Å². The van der Waals surface area contributed by atoms with Crippen LogP contribution < -0.4 is 10.6 Å². The largest absolute Gasteiger partial charge is 0.368 e. The molecule has 1 saturated heterocycles. The van der Waals surface area contributed by atoms with Crippen molar-refractivity contribution in [2.24, 2.45) is 0 Å². The maximum Gasteiger partial charge on any atom is 0.319 e. The number of carbonyl (C=O) groups excluding carboxylic acids is 1. The number of nitrogens with zero attached hydrogens (tertiary/aromatic N) is 2. The lowest BCUT2D eigenvalue weighted by atomic mass is 10.1. The van der Waals surface area contributed by atoms with E-state index in [1.807, 2.05) is 0 Å². The third-order valence-corrected chi connectivity index (χ3v) is 4.07. The van der Waals surface area contributed by atoms with Gasteiger partial charge >= 0.3 is 5.69 Å². The third kappa shape index (κ3) is 2.18. The second kappa shape index (κ2) is 5.04. The number of carbonyl (C=O) groups is 1. The van der Waals surface area contributed by atoms with Gasteiger partial charge in [0.15, 0.2) is 5.52 Å². The zero-order valence-electron chi connectivity index (χ0n) is 10.5. The van der Waals surface area contributed by atoms with Crippen LogP contribution in [0.2, 0.25) is 0 Å². The van der Waals surface area contributed by atoms with Gasteiger partial charge in [0, 0.05) is 6.54 Å². The molecule has 0 spiro atoms. The maximum atomic E-state index is 11.7. The van der Waals surface area contributed by atoms with Gasteiger partial charge in [0.2, 0.25) is 5.91 Å². The molecule has 0 bridgehead atoms. The predicted octanol–water partition coefficient (Wildman–Crippen LogP) is 1.89. The smallest absolute Gasteiger partial charge is 0.319 e. The first-order chi connectivity index (χ1) is 9.66. The van der Waals surface area contributed by atoms with E-state index >= 15 is 0 Å². The summed E-state index contributed by atoms with van der Waals surface area (Å²) in [6.45, 7) is 0.657. The summed E-state index contributed by atoms with van der Waals surface area (Å²) in [7, 11) is 0. The van der Waals surface area contributed by atoms with E-state index in [2.05, 4.69) is 15.6 Å². The molecule has 7 nitrogen and oxygen atoms in total. The zero-order valence-corrected chi connectivity index (χ0v) is 11.3. The molecule has 1 aromatic heterocycles. The average molecular weight is 292 g/mol. The van der Waals surface area contributed by atoms with Crippen molar-refractivity contribution >= 4 is 38.8 Å². The number of nitrogens with one attached hydrogen (secondary N) is 2. The zero-order chi connectivity index (χ0) is 14.1. The lowest BCUT2D eigenvalue weighted by Crippen LogP contribution is -2.44. The van der Waals surface area contributed by atoms with Gasteiger partial charge in [-0.05, 0) is 25.0 Å². The normalized spacial score (nSPS) is 18.8. The number of nitro benzene ring substituents is 1. The summed E-state index contributed by atoms with van der Waals surface area (Å²) in [6, 6.07) is 2.99. The fourth-order valence-electron chi connectivity index (χ4n) is 2.32. The van der Waals surface area contributed by atoms with Crippen molar-refractivity contribution in [1.82, 2.24) is 10.3 Å². The molecule has 3 rings (SSSR count). The van der Waals surface area contributed by atoms with Crippen LogP contribution in [0.25, 0.3) is 10.2 Å². The number of amides is 1. The monoisotopic (exact) mass is 292 g/mol. The Morgan fingerprint density at radius 2 is 2.35 bits per heavy atom. The Bertz CT molecular complexity index is 684. The van der Waals surface area contributed by atoms with Crippen LogP contribution in [0.15, 0.2) is 17.6 Å². The van der Waals surface area contributed by atoms with Crippen LogP contribution in [0.3, 0.4) is 0 Å². The minimum atomic E-state index is -0.453. The van der Waals surface area contributed by atoms with E-state index < -0.39 is 11.0 Å². The number of benzene rings is 1. The second-order valence-corrected chi connectivity index (χ2v) is 5.43. The lowest BCUT2D eigenvalue weighted by molar-refractivity contribution is -0.382. The molecule has 1 aromatic carbocycles. The first-order valence-electron chi connectivity index (χ1n) is 6.21. The van der Waals surface area contributed by atoms with Crippen LogP contribution in [-0.2, 0) is 4.79 Å². The van der Waals surface area contributed by atoms with E-state index in [0.29, 0.717) is 24.2 Å². The summed E-state index contributed by atoms with van der Waals surface area (Å²) in [5, 5.41) is 17.0. The van der Waals surface area contributed by atoms with Crippen LogP contribution in [0.1, 0.15) is 12.8 Å². The van der Waals surface area contributed by atoms with Crippen LogP contribution in [-0.4, -0.2) is 28.4 Å². The molecule has 2 N–H and O–H groups in total. The number of rotatable bonds is 3. The highest BCUT2D eigenvalue weighted by Crippen LogP contribution is 2.35. The van der Waals surface area contributed by atoms with Gasteiger partial charge in [0.25, 0.3) is 0 Å². The van der Waals surface area contributed by atoms with E-state index in [1.165, 1.54) is 11.3 Å². The van der Waals surface area contributed by atoms with E-state index in [1.54, 1.807) is 17.6 Å². The summed E-state index contributed by atoms with van der Waals surface area (Å²) in [5.74, 6) is -0.121. The Morgan fingerprint density at radius 3 is 3.10 bits per heavy atom. The number of fused-ring (bicyclic) bond motifs is 1. The highest BCUT2D eigenvalue weighted by atomic mass is 32.1. The SMILES string of the molecule is O=C1NCCCC1Nc1ccc2scnc2c1[N+](=O)[O-]. The van der Waals surface area contributed by atoms with Crippen LogP contribution in [0.4, 0.5) is 11.4 Å². The molecule has 1 atom stereocenters. The number of hydrogen-bond acceptors (Lipinski definition) is 6. The van der Waals surface area contributed by atoms with Crippen molar-refractivity contribution in [2.45, 2.75) is 18.9 Å². The van der Waals surface area contributed by atoms with E-state index in [9.17, 15) is 14.9 Å². The number of thiazole rings is 1. The fraction of sp³-hybridized carbons (Fsp3) is 0.333. The predicted molar refractivity (Wildman–Crippen MR) is 75.9 cm³/mol. The van der Waals surface area contributed by atoms with Crippen molar-refractivity contribution in [3.63, 3.8) is 0 Å². The summed E-state index contributed by atoms with van der Waals surface area (Å²) >= 11 is 1.35. The van der Waals surface area contributed by atoms with Crippen molar-refractivity contribution in [2.75, 3.05) is 11.9 Å². The molecule has 2 aromatic rings. The van der Waals surface area contributed by atoms with Crippen molar-refractivity contribution in [3.8, 4) is 0 Å². The summed E-state index contributed by atoms with van der Waals surface area (Å²) in [5.41, 5.74) is 2.22. The summed E-state index contributed by atoms with van der Waals surface area (Å²) in [6.07, 6.45) is 1.52. The Balaban J connectivity index is 2.00. The molecule has 2 heterocycles. The molecule has 20 heavy (non-hydrogen) atoms. The van der Waals surface area contributed by atoms with Crippen LogP contribution >= 0.6 is 11.3 Å². The van der Waals surface area contributed by atoms with Crippen molar-refractivity contribution in [1.29, 1.82) is 0 Å². The number of aromatic nitrogens is 1. The molecule has 1 aliphatic rings. The van der Waals surface area contributed by atoms with E-state index in [-0.39, 0.29) is 11.6 Å². The fourth-order valence-corrected chi connectivity index (χ4v) is 2.99. The summed E-state index contributed by atoms with van der Waals surface area (Å²) in [4.78, 5) is 26.6. The molecular weight excluding hydrogens is 280 g/mol. The Kier molecular flexibility index (Phi) is 3.23. The Morgan fingerprint density at radius 1 is 1.50 bits per heavy atom.